The number of benzene rings is 2. The van der Waals surface area contributed by atoms with E-state index in [0.717, 1.165) is 36.5 Å². The van der Waals surface area contributed by atoms with Crippen molar-refractivity contribution in [3.8, 4) is 0 Å². The standard InChI is InChI=1S/C22H25F3/c1-2-3-15-4-7-17(8-5-15)18-9-10-19(21(24)14-18)12-16-6-11-20(23)22(25)13-16/h6,9-11,13-15,17H,2-5,7-8,12H2,1H3. The highest BCUT2D eigenvalue weighted by Gasteiger charge is 2.22. The number of halogens is 3. The van der Waals surface area contributed by atoms with E-state index in [0.29, 0.717) is 17.0 Å². The van der Waals surface area contributed by atoms with E-state index in [1.54, 1.807) is 12.1 Å². The van der Waals surface area contributed by atoms with E-state index in [4.69, 9.17) is 0 Å². The highest BCUT2D eigenvalue weighted by molar-refractivity contribution is 5.32. The van der Waals surface area contributed by atoms with Gasteiger partial charge in [0.2, 0.25) is 0 Å². The summed E-state index contributed by atoms with van der Waals surface area (Å²) in [4.78, 5) is 0. The molecular formula is C22H25F3. The maximum Gasteiger partial charge on any atom is 0.159 e. The van der Waals surface area contributed by atoms with Crippen LogP contribution in [0.2, 0.25) is 0 Å². The van der Waals surface area contributed by atoms with Gasteiger partial charge in [-0.2, -0.15) is 0 Å². The fourth-order valence-corrected chi connectivity index (χ4v) is 4.02. The van der Waals surface area contributed by atoms with E-state index in [2.05, 4.69) is 6.92 Å². The van der Waals surface area contributed by atoms with Gasteiger partial charge in [0, 0.05) is 6.42 Å². The van der Waals surface area contributed by atoms with Crippen LogP contribution in [0.4, 0.5) is 13.2 Å². The lowest BCUT2D eigenvalue weighted by molar-refractivity contribution is 0.308. The van der Waals surface area contributed by atoms with Crippen LogP contribution in [-0.2, 0) is 6.42 Å². The summed E-state index contributed by atoms with van der Waals surface area (Å²) in [5.41, 5.74) is 2.17. The van der Waals surface area contributed by atoms with Crippen LogP contribution in [0.25, 0.3) is 0 Å². The zero-order valence-corrected chi connectivity index (χ0v) is 14.7. The molecule has 0 atom stereocenters. The zero-order valence-electron chi connectivity index (χ0n) is 14.7. The van der Waals surface area contributed by atoms with Gasteiger partial charge in [-0.1, -0.05) is 38.0 Å². The first-order valence-corrected chi connectivity index (χ1v) is 9.29. The van der Waals surface area contributed by atoms with Gasteiger partial charge < -0.3 is 0 Å². The highest BCUT2D eigenvalue weighted by Crippen LogP contribution is 2.38. The van der Waals surface area contributed by atoms with Crippen molar-refractivity contribution in [2.75, 3.05) is 0 Å². The summed E-state index contributed by atoms with van der Waals surface area (Å²) in [5, 5.41) is 0. The molecule has 3 rings (SSSR count). The summed E-state index contributed by atoms with van der Waals surface area (Å²) in [6.07, 6.45) is 7.54. The van der Waals surface area contributed by atoms with Crippen molar-refractivity contribution in [3.63, 3.8) is 0 Å². The largest absolute Gasteiger partial charge is 0.207 e. The molecule has 0 amide bonds. The maximum atomic E-state index is 14.5. The Bertz CT molecular complexity index is 715. The van der Waals surface area contributed by atoms with E-state index < -0.39 is 11.6 Å². The molecule has 3 heteroatoms. The molecule has 0 nitrogen and oxygen atoms in total. The van der Waals surface area contributed by atoms with Crippen LogP contribution in [-0.4, -0.2) is 0 Å². The maximum absolute atomic E-state index is 14.5. The third kappa shape index (κ3) is 4.45. The van der Waals surface area contributed by atoms with E-state index >= 15 is 0 Å². The molecule has 0 saturated heterocycles. The van der Waals surface area contributed by atoms with Gasteiger partial charge in [-0.25, -0.2) is 13.2 Å². The molecule has 0 aromatic heterocycles. The lowest BCUT2D eigenvalue weighted by Gasteiger charge is -2.28. The first kappa shape index (κ1) is 18.0. The van der Waals surface area contributed by atoms with Gasteiger partial charge >= 0.3 is 0 Å². The predicted molar refractivity (Wildman–Crippen MR) is 95.2 cm³/mol. The summed E-state index contributed by atoms with van der Waals surface area (Å²) in [7, 11) is 0. The smallest absolute Gasteiger partial charge is 0.159 e. The molecule has 0 N–H and O–H groups in total. The van der Waals surface area contributed by atoms with Crippen LogP contribution in [0.15, 0.2) is 36.4 Å². The van der Waals surface area contributed by atoms with Crippen molar-refractivity contribution >= 4 is 0 Å². The number of hydrogen-bond donors (Lipinski definition) is 0. The van der Waals surface area contributed by atoms with Gasteiger partial charge in [0.1, 0.15) is 5.82 Å². The normalized spacial score (nSPS) is 20.6. The SMILES string of the molecule is CCCC1CCC(c2ccc(Cc3ccc(F)c(F)c3)c(F)c2)CC1. The Morgan fingerprint density at radius 2 is 1.60 bits per heavy atom. The van der Waals surface area contributed by atoms with E-state index in [1.165, 1.54) is 31.7 Å². The Balaban J connectivity index is 1.67. The Morgan fingerprint density at radius 1 is 0.840 bits per heavy atom. The topological polar surface area (TPSA) is 0 Å². The van der Waals surface area contributed by atoms with Gasteiger partial charge in [-0.3, -0.25) is 0 Å². The third-order valence-electron chi connectivity index (χ3n) is 5.47. The van der Waals surface area contributed by atoms with Crippen molar-refractivity contribution < 1.29 is 13.2 Å². The average Bonchev–Trinajstić information content (AvgIpc) is 2.61. The van der Waals surface area contributed by atoms with Crippen LogP contribution in [0.5, 0.6) is 0 Å². The molecule has 0 spiro atoms. The monoisotopic (exact) mass is 346 g/mol. The second-order valence-electron chi connectivity index (χ2n) is 7.28. The predicted octanol–water partition coefficient (Wildman–Crippen LogP) is 6.77. The van der Waals surface area contributed by atoms with Crippen LogP contribution in [0, 0.1) is 23.4 Å². The van der Waals surface area contributed by atoms with Crippen molar-refractivity contribution in [3.05, 3.63) is 70.5 Å². The molecule has 134 valence electrons. The molecule has 2 aromatic carbocycles. The Labute approximate surface area is 148 Å². The summed E-state index contributed by atoms with van der Waals surface area (Å²) in [6.45, 7) is 2.23. The summed E-state index contributed by atoms with van der Waals surface area (Å²) < 4.78 is 40.8. The lowest BCUT2D eigenvalue weighted by atomic mass is 9.77. The summed E-state index contributed by atoms with van der Waals surface area (Å²) in [6, 6.07) is 9.16. The fraction of sp³-hybridized carbons (Fsp3) is 0.455. The van der Waals surface area contributed by atoms with E-state index in [-0.39, 0.29) is 12.2 Å². The second kappa shape index (κ2) is 8.07. The first-order chi connectivity index (χ1) is 12.1. The molecule has 0 unspecified atom stereocenters. The van der Waals surface area contributed by atoms with Gasteiger partial charge in [0.15, 0.2) is 11.6 Å². The average molecular weight is 346 g/mol. The van der Waals surface area contributed by atoms with E-state index in [9.17, 15) is 13.2 Å². The van der Waals surface area contributed by atoms with Crippen LogP contribution in [0.1, 0.15) is 68.1 Å². The van der Waals surface area contributed by atoms with Gasteiger partial charge in [0.25, 0.3) is 0 Å². The van der Waals surface area contributed by atoms with Crippen LogP contribution >= 0.6 is 0 Å². The minimum atomic E-state index is -0.890. The van der Waals surface area contributed by atoms with Gasteiger partial charge in [-0.15, -0.1) is 0 Å². The minimum Gasteiger partial charge on any atom is -0.207 e. The van der Waals surface area contributed by atoms with Crippen molar-refractivity contribution in [1.29, 1.82) is 0 Å². The number of hydrogen-bond acceptors (Lipinski definition) is 0. The zero-order chi connectivity index (χ0) is 17.8. The molecule has 0 heterocycles. The highest BCUT2D eigenvalue weighted by atomic mass is 19.2. The van der Waals surface area contributed by atoms with Crippen LogP contribution in [0.3, 0.4) is 0 Å². The Kier molecular flexibility index (Phi) is 5.82. The van der Waals surface area contributed by atoms with Crippen molar-refractivity contribution in [1.82, 2.24) is 0 Å². The van der Waals surface area contributed by atoms with Crippen molar-refractivity contribution in [2.24, 2.45) is 5.92 Å². The van der Waals surface area contributed by atoms with Crippen LogP contribution < -0.4 is 0 Å². The Morgan fingerprint density at radius 3 is 2.24 bits per heavy atom. The molecule has 0 radical (unpaired) electrons. The Hall–Kier alpha value is -1.77. The van der Waals surface area contributed by atoms with Crippen molar-refractivity contribution in [2.45, 2.75) is 57.8 Å². The minimum absolute atomic E-state index is 0.252. The molecule has 1 aliphatic rings. The molecule has 1 fully saturated rings. The van der Waals surface area contributed by atoms with Gasteiger partial charge in [0.05, 0.1) is 0 Å². The molecule has 0 bridgehead atoms. The second-order valence-corrected chi connectivity index (χ2v) is 7.28. The quantitative estimate of drug-likeness (QED) is 0.560. The first-order valence-electron chi connectivity index (χ1n) is 9.29. The fourth-order valence-electron chi connectivity index (χ4n) is 4.02. The van der Waals surface area contributed by atoms with Gasteiger partial charge in [-0.05, 0) is 72.4 Å². The number of rotatable bonds is 5. The summed E-state index contributed by atoms with van der Waals surface area (Å²) in [5.74, 6) is -0.742. The molecule has 2 aromatic rings. The summed E-state index contributed by atoms with van der Waals surface area (Å²) >= 11 is 0. The molecular weight excluding hydrogens is 321 g/mol. The molecule has 1 saturated carbocycles. The van der Waals surface area contributed by atoms with E-state index in [1.807, 2.05) is 6.07 Å². The molecule has 0 aliphatic heterocycles. The molecule has 1 aliphatic carbocycles. The lowest BCUT2D eigenvalue weighted by Crippen LogP contribution is -2.13. The molecule has 25 heavy (non-hydrogen) atoms. The third-order valence-corrected chi connectivity index (χ3v) is 5.47.